The first-order chi connectivity index (χ1) is 9.35. The maximum Gasteiger partial charge on any atom is 0.255 e. The highest BCUT2D eigenvalue weighted by atomic mass is 35.5. The van der Waals surface area contributed by atoms with Crippen LogP contribution in [0.4, 0.5) is 8.78 Å². The highest BCUT2D eigenvalue weighted by molar-refractivity contribution is 8.13. The first-order valence-corrected chi connectivity index (χ1v) is 7.44. The molecule has 1 unspecified atom stereocenters. The molecule has 0 fully saturated rings. The van der Waals surface area contributed by atoms with E-state index in [-0.39, 0.29) is 10.0 Å². The fourth-order valence-corrected chi connectivity index (χ4v) is 2.44. The molecule has 0 saturated heterocycles. The fourth-order valence-electron chi connectivity index (χ4n) is 1.50. The molecule has 20 heavy (non-hydrogen) atoms. The van der Waals surface area contributed by atoms with Gasteiger partial charge in [0.15, 0.2) is 5.12 Å². The Labute approximate surface area is 125 Å². The number of halogens is 3. The molecule has 2 nitrogen and oxygen atoms in total. The van der Waals surface area contributed by atoms with Crippen molar-refractivity contribution in [2.75, 3.05) is 0 Å². The van der Waals surface area contributed by atoms with Gasteiger partial charge in [0.1, 0.15) is 11.6 Å². The highest BCUT2D eigenvalue weighted by Gasteiger charge is 2.17. The Hall–Kier alpha value is -0.940. The van der Waals surface area contributed by atoms with Crippen LogP contribution in [-0.2, 0) is 4.79 Å². The number of carbonyl (C=O) groups excluding carboxylic acids is 2. The van der Waals surface area contributed by atoms with Crippen molar-refractivity contribution < 1.29 is 18.4 Å². The Bertz CT molecular complexity index is 520. The second-order valence-electron chi connectivity index (χ2n) is 4.56. The van der Waals surface area contributed by atoms with Crippen molar-refractivity contribution in [2.45, 2.75) is 38.0 Å². The molecule has 1 aromatic rings. The van der Waals surface area contributed by atoms with Gasteiger partial charge in [-0.15, -0.1) is 0 Å². The Balaban J connectivity index is 2.79. The predicted octanol–water partition coefficient (Wildman–Crippen LogP) is 4.79. The largest absolute Gasteiger partial charge is 0.287 e. The van der Waals surface area contributed by atoms with Gasteiger partial charge in [0, 0.05) is 12.5 Å². The van der Waals surface area contributed by atoms with E-state index in [2.05, 4.69) is 0 Å². The lowest BCUT2D eigenvalue weighted by molar-refractivity contribution is -0.111. The maximum absolute atomic E-state index is 13.6. The number of carbonyl (C=O) groups is 2. The first kappa shape index (κ1) is 17.1. The lowest BCUT2D eigenvalue weighted by atomic mass is 10.0. The standard InChI is InChI=1S/C14H15ClF2O2S/c1-3-8(2)4-5-13(18)20-12-6-9(14(15)19)10(16)7-11(12)17/h6-8H,3-5H2,1-2H3. The summed E-state index contributed by atoms with van der Waals surface area (Å²) in [6, 6.07) is 1.55. The lowest BCUT2D eigenvalue weighted by Gasteiger charge is -2.08. The molecule has 0 aliphatic rings. The molecule has 1 atom stereocenters. The van der Waals surface area contributed by atoms with Crippen molar-refractivity contribution in [2.24, 2.45) is 5.92 Å². The number of hydrogen-bond donors (Lipinski definition) is 0. The summed E-state index contributed by atoms with van der Waals surface area (Å²) >= 11 is 5.87. The summed E-state index contributed by atoms with van der Waals surface area (Å²) in [5.41, 5.74) is -0.426. The summed E-state index contributed by atoms with van der Waals surface area (Å²) < 4.78 is 26.8. The van der Waals surface area contributed by atoms with Crippen LogP contribution in [0, 0.1) is 17.6 Å². The van der Waals surface area contributed by atoms with Gasteiger partial charge in [-0.25, -0.2) is 8.78 Å². The van der Waals surface area contributed by atoms with E-state index in [0.717, 1.165) is 12.5 Å². The third-order valence-electron chi connectivity index (χ3n) is 3.00. The van der Waals surface area contributed by atoms with Crippen molar-refractivity contribution in [3.05, 3.63) is 29.3 Å². The minimum Gasteiger partial charge on any atom is -0.287 e. The van der Waals surface area contributed by atoms with Crippen LogP contribution in [0.3, 0.4) is 0 Å². The smallest absolute Gasteiger partial charge is 0.255 e. The zero-order valence-corrected chi connectivity index (χ0v) is 12.8. The van der Waals surface area contributed by atoms with Crippen molar-refractivity contribution in [1.82, 2.24) is 0 Å². The van der Waals surface area contributed by atoms with Crippen LogP contribution in [0.1, 0.15) is 43.5 Å². The molecule has 0 saturated carbocycles. The Morgan fingerprint density at radius 1 is 1.30 bits per heavy atom. The maximum atomic E-state index is 13.6. The molecule has 0 radical (unpaired) electrons. The van der Waals surface area contributed by atoms with E-state index in [1.807, 2.05) is 13.8 Å². The van der Waals surface area contributed by atoms with Gasteiger partial charge < -0.3 is 0 Å². The monoisotopic (exact) mass is 320 g/mol. The van der Waals surface area contributed by atoms with Gasteiger partial charge in [-0.1, -0.05) is 20.3 Å². The molecule has 1 rings (SSSR count). The normalized spacial score (nSPS) is 12.2. The average molecular weight is 321 g/mol. The number of benzene rings is 1. The van der Waals surface area contributed by atoms with Crippen molar-refractivity contribution in [1.29, 1.82) is 0 Å². The van der Waals surface area contributed by atoms with Gasteiger partial charge in [0.05, 0.1) is 10.5 Å². The van der Waals surface area contributed by atoms with E-state index in [0.29, 0.717) is 36.6 Å². The zero-order chi connectivity index (χ0) is 15.3. The molecule has 0 N–H and O–H groups in total. The summed E-state index contributed by atoms with van der Waals surface area (Å²) in [5.74, 6) is -1.48. The van der Waals surface area contributed by atoms with E-state index in [9.17, 15) is 18.4 Å². The quantitative estimate of drug-likeness (QED) is 0.558. The second-order valence-corrected chi connectivity index (χ2v) is 6.00. The summed E-state index contributed by atoms with van der Waals surface area (Å²) in [6.07, 6.45) is 1.99. The van der Waals surface area contributed by atoms with Crippen LogP contribution in [0.5, 0.6) is 0 Å². The van der Waals surface area contributed by atoms with Gasteiger partial charge in [-0.3, -0.25) is 9.59 Å². The molecule has 0 heterocycles. The molecule has 0 bridgehead atoms. The van der Waals surface area contributed by atoms with Crippen molar-refractivity contribution in [3.8, 4) is 0 Å². The number of thioether (sulfide) groups is 1. The summed E-state index contributed by atoms with van der Waals surface area (Å²) in [6.45, 7) is 4.06. The molecular weight excluding hydrogens is 306 g/mol. The Morgan fingerprint density at radius 2 is 1.95 bits per heavy atom. The lowest BCUT2D eigenvalue weighted by Crippen LogP contribution is -2.01. The number of hydrogen-bond acceptors (Lipinski definition) is 3. The second kappa shape index (κ2) is 7.74. The number of rotatable bonds is 6. The Kier molecular flexibility index (Phi) is 6.62. The van der Waals surface area contributed by atoms with Crippen LogP contribution in [0.2, 0.25) is 0 Å². The molecular formula is C14H15ClF2O2S. The van der Waals surface area contributed by atoms with Gasteiger partial charge in [-0.2, -0.15) is 0 Å². The van der Waals surface area contributed by atoms with E-state index < -0.39 is 22.4 Å². The average Bonchev–Trinajstić information content (AvgIpc) is 2.38. The predicted molar refractivity (Wildman–Crippen MR) is 76.1 cm³/mol. The topological polar surface area (TPSA) is 34.1 Å². The van der Waals surface area contributed by atoms with Crippen LogP contribution < -0.4 is 0 Å². The molecule has 0 amide bonds. The summed E-state index contributed by atoms with van der Waals surface area (Å²) in [7, 11) is 0. The summed E-state index contributed by atoms with van der Waals surface area (Å²) in [4.78, 5) is 22.6. The van der Waals surface area contributed by atoms with Crippen LogP contribution in [0.15, 0.2) is 17.0 Å². The van der Waals surface area contributed by atoms with Crippen molar-refractivity contribution >= 4 is 33.7 Å². The van der Waals surface area contributed by atoms with Gasteiger partial charge in [0.2, 0.25) is 0 Å². The Morgan fingerprint density at radius 3 is 2.50 bits per heavy atom. The molecule has 1 aromatic carbocycles. The molecule has 6 heteroatoms. The van der Waals surface area contributed by atoms with Crippen LogP contribution in [-0.4, -0.2) is 10.4 Å². The van der Waals surface area contributed by atoms with E-state index >= 15 is 0 Å². The molecule has 0 aliphatic heterocycles. The SMILES string of the molecule is CCC(C)CCC(=O)Sc1cc(C(=O)Cl)c(F)cc1F. The molecule has 0 spiro atoms. The summed E-state index contributed by atoms with van der Waals surface area (Å²) in [5, 5.41) is -1.24. The van der Waals surface area contributed by atoms with E-state index in [1.165, 1.54) is 0 Å². The molecule has 0 aromatic heterocycles. The van der Waals surface area contributed by atoms with Gasteiger partial charge in [0.25, 0.3) is 5.24 Å². The zero-order valence-electron chi connectivity index (χ0n) is 11.2. The van der Waals surface area contributed by atoms with Gasteiger partial charge >= 0.3 is 0 Å². The minimum atomic E-state index is -1.03. The van der Waals surface area contributed by atoms with E-state index in [4.69, 9.17) is 11.6 Å². The highest BCUT2D eigenvalue weighted by Crippen LogP contribution is 2.28. The third-order valence-corrected chi connectivity index (χ3v) is 4.16. The van der Waals surface area contributed by atoms with Crippen LogP contribution >= 0.6 is 23.4 Å². The molecule has 110 valence electrons. The van der Waals surface area contributed by atoms with Crippen LogP contribution in [0.25, 0.3) is 0 Å². The minimum absolute atomic E-state index is 0.0791. The first-order valence-electron chi connectivity index (χ1n) is 6.24. The van der Waals surface area contributed by atoms with Crippen molar-refractivity contribution in [3.63, 3.8) is 0 Å². The van der Waals surface area contributed by atoms with Gasteiger partial charge in [-0.05, 0) is 41.8 Å². The molecule has 0 aliphatic carbocycles. The van der Waals surface area contributed by atoms with E-state index in [1.54, 1.807) is 0 Å². The fraction of sp³-hybridized carbons (Fsp3) is 0.429. The third kappa shape index (κ3) is 4.87.